The highest BCUT2D eigenvalue weighted by molar-refractivity contribution is 5.44. The predicted octanol–water partition coefficient (Wildman–Crippen LogP) is 2.50. The predicted molar refractivity (Wildman–Crippen MR) is 57.8 cm³/mol. The first kappa shape index (κ1) is 13.0. The fraction of sp³-hybridized carbons (Fsp3) is 0.200. The van der Waals surface area contributed by atoms with Crippen LogP contribution in [0.1, 0.15) is 11.3 Å². The summed E-state index contributed by atoms with van der Waals surface area (Å²) in [5.41, 5.74) is -1.30. The molecule has 0 aliphatic carbocycles. The fourth-order valence-electron chi connectivity index (χ4n) is 1.62. The summed E-state index contributed by atoms with van der Waals surface area (Å²) in [6, 6.07) is 4.67. The van der Waals surface area contributed by atoms with Crippen molar-refractivity contribution in [3.63, 3.8) is 0 Å². The molecule has 2 aromatic rings. The number of hydrogen-bond acceptors (Lipinski definition) is 4. The number of halogens is 3. The van der Waals surface area contributed by atoms with Crippen LogP contribution in [0.3, 0.4) is 0 Å². The SMILES string of the molecule is Cc1c([N+](=O)[O-])nnn1-c1ccccc1C(F)(F)F. The molecule has 0 spiro atoms. The van der Waals surface area contributed by atoms with Crippen molar-refractivity contribution in [1.29, 1.82) is 0 Å². The third kappa shape index (κ3) is 2.26. The smallest absolute Gasteiger partial charge is 0.358 e. The third-order valence-electron chi connectivity index (χ3n) is 2.48. The van der Waals surface area contributed by atoms with Gasteiger partial charge < -0.3 is 10.1 Å². The number of hydrogen-bond donors (Lipinski definition) is 0. The Morgan fingerprint density at radius 3 is 2.47 bits per heavy atom. The molecular formula is C10H7F3N4O2. The Hall–Kier alpha value is -2.45. The van der Waals surface area contributed by atoms with Crippen LogP contribution in [0.25, 0.3) is 5.69 Å². The second-order valence-corrected chi connectivity index (χ2v) is 3.68. The number of para-hydroxylation sites is 1. The Bertz CT molecular complexity index is 636. The van der Waals surface area contributed by atoms with E-state index < -0.39 is 22.5 Å². The van der Waals surface area contributed by atoms with Crippen molar-refractivity contribution in [3.05, 3.63) is 45.6 Å². The summed E-state index contributed by atoms with van der Waals surface area (Å²) in [6.45, 7) is 1.28. The lowest BCUT2D eigenvalue weighted by atomic mass is 10.1. The third-order valence-corrected chi connectivity index (χ3v) is 2.48. The monoisotopic (exact) mass is 272 g/mol. The number of alkyl halides is 3. The van der Waals surface area contributed by atoms with Crippen molar-refractivity contribution in [2.24, 2.45) is 0 Å². The van der Waals surface area contributed by atoms with Crippen molar-refractivity contribution in [2.45, 2.75) is 13.1 Å². The van der Waals surface area contributed by atoms with E-state index in [9.17, 15) is 23.3 Å². The molecular weight excluding hydrogens is 265 g/mol. The highest BCUT2D eigenvalue weighted by Gasteiger charge is 2.35. The summed E-state index contributed by atoms with van der Waals surface area (Å²) in [6.07, 6.45) is -4.58. The quantitative estimate of drug-likeness (QED) is 0.621. The minimum atomic E-state index is -4.58. The molecule has 1 heterocycles. The molecule has 0 unspecified atom stereocenters. The summed E-state index contributed by atoms with van der Waals surface area (Å²) >= 11 is 0. The van der Waals surface area contributed by atoms with Gasteiger partial charge in [0.2, 0.25) is 0 Å². The Morgan fingerprint density at radius 2 is 1.95 bits per heavy atom. The number of nitrogens with zero attached hydrogens (tertiary/aromatic N) is 4. The van der Waals surface area contributed by atoms with Gasteiger partial charge in [0.05, 0.1) is 16.5 Å². The number of nitro groups is 1. The van der Waals surface area contributed by atoms with Crippen LogP contribution in [-0.2, 0) is 6.18 Å². The van der Waals surface area contributed by atoms with Crippen LogP contribution in [-0.4, -0.2) is 19.9 Å². The van der Waals surface area contributed by atoms with E-state index in [2.05, 4.69) is 10.3 Å². The highest BCUT2D eigenvalue weighted by Crippen LogP contribution is 2.34. The van der Waals surface area contributed by atoms with E-state index in [0.29, 0.717) is 0 Å². The van der Waals surface area contributed by atoms with Crippen molar-refractivity contribution >= 4 is 5.82 Å². The maximum Gasteiger partial charge on any atom is 0.418 e. The molecule has 0 N–H and O–H groups in total. The van der Waals surface area contributed by atoms with Gasteiger partial charge in [0, 0.05) is 0 Å². The molecule has 6 nitrogen and oxygen atoms in total. The number of rotatable bonds is 2. The molecule has 0 bridgehead atoms. The van der Waals surface area contributed by atoms with Crippen LogP contribution < -0.4 is 0 Å². The van der Waals surface area contributed by atoms with Gasteiger partial charge in [0.15, 0.2) is 0 Å². The van der Waals surface area contributed by atoms with Gasteiger partial charge in [-0.2, -0.15) is 17.9 Å². The van der Waals surface area contributed by atoms with Crippen molar-refractivity contribution in [1.82, 2.24) is 15.0 Å². The molecule has 0 fully saturated rings. The van der Waals surface area contributed by atoms with Gasteiger partial charge in [-0.1, -0.05) is 12.1 Å². The lowest BCUT2D eigenvalue weighted by Gasteiger charge is -2.11. The summed E-state index contributed by atoms with van der Waals surface area (Å²) in [5, 5.41) is 17.3. The summed E-state index contributed by atoms with van der Waals surface area (Å²) in [4.78, 5) is 9.82. The number of aromatic nitrogens is 3. The van der Waals surface area contributed by atoms with E-state index in [1.165, 1.54) is 25.1 Å². The van der Waals surface area contributed by atoms with Gasteiger partial charge in [0.1, 0.15) is 10.8 Å². The molecule has 0 saturated heterocycles. The van der Waals surface area contributed by atoms with Crippen LogP contribution in [0, 0.1) is 17.0 Å². The molecule has 1 aromatic heterocycles. The zero-order chi connectivity index (χ0) is 14.2. The zero-order valence-corrected chi connectivity index (χ0v) is 9.55. The topological polar surface area (TPSA) is 73.8 Å². The van der Waals surface area contributed by atoms with Crippen molar-refractivity contribution in [2.75, 3.05) is 0 Å². The second-order valence-electron chi connectivity index (χ2n) is 3.68. The van der Waals surface area contributed by atoms with Crippen LogP contribution in [0.15, 0.2) is 24.3 Å². The van der Waals surface area contributed by atoms with E-state index in [4.69, 9.17) is 0 Å². The second kappa shape index (κ2) is 4.34. The molecule has 0 amide bonds. The Morgan fingerprint density at radius 1 is 1.32 bits per heavy atom. The average Bonchev–Trinajstić information content (AvgIpc) is 2.70. The Labute approximate surface area is 104 Å². The molecule has 0 radical (unpaired) electrons. The van der Waals surface area contributed by atoms with Crippen molar-refractivity contribution < 1.29 is 18.1 Å². The first-order valence-electron chi connectivity index (χ1n) is 5.05. The zero-order valence-electron chi connectivity index (χ0n) is 9.55. The van der Waals surface area contributed by atoms with Crippen LogP contribution in [0.2, 0.25) is 0 Å². The van der Waals surface area contributed by atoms with E-state index in [1.54, 1.807) is 0 Å². The maximum absolute atomic E-state index is 12.8. The average molecular weight is 272 g/mol. The molecule has 19 heavy (non-hydrogen) atoms. The Balaban J connectivity index is 2.64. The molecule has 1 aromatic carbocycles. The highest BCUT2D eigenvalue weighted by atomic mass is 19.4. The largest absolute Gasteiger partial charge is 0.418 e. The molecule has 0 atom stereocenters. The Kier molecular flexibility index (Phi) is 2.97. The molecule has 9 heteroatoms. The van der Waals surface area contributed by atoms with Crippen LogP contribution in [0.4, 0.5) is 19.0 Å². The van der Waals surface area contributed by atoms with Crippen LogP contribution in [0.5, 0.6) is 0 Å². The minimum Gasteiger partial charge on any atom is -0.358 e. The van der Waals surface area contributed by atoms with Gasteiger partial charge in [-0.3, -0.25) is 0 Å². The van der Waals surface area contributed by atoms with E-state index in [-0.39, 0.29) is 11.4 Å². The van der Waals surface area contributed by atoms with Crippen molar-refractivity contribution in [3.8, 4) is 5.69 Å². The van der Waals surface area contributed by atoms with E-state index >= 15 is 0 Å². The molecule has 0 saturated carbocycles. The van der Waals surface area contributed by atoms with Gasteiger partial charge in [-0.15, -0.1) is 0 Å². The maximum atomic E-state index is 12.8. The summed E-state index contributed by atoms with van der Waals surface area (Å²) in [5.74, 6) is -0.572. The molecule has 0 aliphatic heterocycles. The minimum absolute atomic E-state index is 0.0679. The lowest BCUT2D eigenvalue weighted by molar-refractivity contribution is -0.390. The number of benzene rings is 1. The summed E-state index contributed by atoms with van der Waals surface area (Å²) in [7, 11) is 0. The van der Waals surface area contributed by atoms with Gasteiger partial charge in [0.25, 0.3) is 0 Å². The van der Waals surface area contributed by atoms with Gasteiger partial charge in [-0.05, 0) is 24.0 Å². The van der Waals surface area contributed by atoms with Gasteiger partial charge in [-0.25, -0.2) is 0 Å². The first-order chi connectivity index (χ1) is 8.82. The lowest BCUT2D eigenvalue weighted by Crippen LogP contribution is -2.12. The van der Waals surface area contributed by atoms with E-state index in [1.807, 2.05) is 0 Å². The molecule has 100 valence electrons. The summed E-state index contributed by atoms with van der Waals surface area (Å²) < 4.78 is 39.3. The van der Waals surface area contributed by atoms with Crippen LogP contribution >= 0.6 is 0 Å². The first-order valence-corrected chi connectivity index (χ1v) is 5.05. The fourth-order valence-corrected chi connectivity index (χ4v) is 1.62. The van der Waals surface area contributed by atoms with E-state index in [0.717, 1.165) is 10.7 Å². The standard InChI is InChI=1S/C10H7F3N4O2/c1-6-9(17(18)19)14-15-16(6)8-5-3-2-4-7(8)10(11,12)13/h2-5H,1H3. The van der Waals surface area contributed by atoms with Gasteiger partial charge >= 0.3 is 12.0 Å². The normalized spacial score (nSPS) is 11.6. The molecule has 0 aliphatic rings. The molecule has 2 rings (SSSR count).